The van der Waals surface area contributed by atoms with Gasteiger partial charge in [-0.2, -0.15) is 0 Å². The van der Waals surface area contributed by atoms with Crippen LogP contribution in [0.5, 0.6) is 0 Å². The zero-order valence-corrected chi connectivity index (χ0v) is 11.9. The van der Waals surface area contributed by atoms with Gasteiger partial charge in [0.1, 0.15) is 0 Å². The van der Waals surface area contributed by atoms with E-state index in [2.05, 4.69) is 34.5 Å². The number of nitrogens with one attached hydrogen (secondary N) is 1. The van der Waals surface area contributed by atoms with Crippen LogP contribution in [0.25, 0.3) is 0 Å². The van der Waals surface area contributed by atoms with Crippen molar-refractivity contribution in [2.24, 2.45) is 0 Å². The Morgan fingerprint density at radius 2 is 1.74 bits per heavy atom. The molecule has 1 aromatic carbocycles. The lowest BCUT2D eigenvalue weighted by atomic mass is 10.0. The van der Waals surface area contributed by atoms with Gasteiger partial charge in [0.2, 0.25) is 0 Å². The van der Waals surface area contributed by atoms with Crippen LogP contribution in [-0.4, -0.2) is 37.1 Å². The summed E-state index contributed by atoms with van der Waals surface area (Å²) in [4.78, 5) is 2.59. The standard InChI is InChI=1S/C17H26N2/c1-2-12-19(11-1)13-9-15-5-7-16(8-6-15)14-17-4-3-10-18-17/h5-8,17-18H,1-4,9-14H2. The fourth-order valence-electron chi connectivity index (χ4n) is 3.35. The second kappa shape index (κ2) is 6.53. The minimum Gasteiger partial charge on any atom is -0.314 e. The van der Waals surface area contributed by atoms with Crippen molar-refractivity contribution in [1.29, 1.82) is 0 Å². The maximum atomic E-state index is 3.58. The van der Waals surface area contributed by atoms with Gasteiger partial charge in [-0.1, -0.05) is 24.3 Å². The summed E-state index contributed by atoms with van der Waals surface area (Å²) in [7, 11) is 0. The van der Waals surface area contributed by atoms with Crippen LogP contribution in [0.1, 0.15) is 36.8 Å². The Morgan fingerprint density at radius 1 is 1.00 bits per heavy atom. The van der Waals surface area contributed by atoms with Crippen LogP contribution in [0.3, 0.4) is 0 Å². The molecule has 2 heterocycles. The quantitative estimate of drug-likeness (QED) is 0.873. The first-order chi connectivity index (χ1) is 9.40. The van der Waals surface area contributed by atoms with Gasteiger partial charge in [0.15, 0.2) is 0 Å². The Bertz CT molecular complexity index is 373. The van der Waals surface area contributed by atoms with Crippen molar-refractivity contribution < 1.29 is 0 Å². The molecule has 0 spiro atoms. The molecule has 2 fully saturated rings. The van der Waals surface area contributed by atoms with Gasteiger partial charge in [0.05, 0.1) is 0 Å². The van der Waals surface area contributed by atoms with Crippen LogP contribution in [-0.2, 0) is 12.8 Å². The first-order valence-corrected chi connectivity index (χ1v) is 7.94. The van der Waals surface area contributed by atoms with Crippen molar-refractivity contribution in [1.82, 2.24) is 10.2 Å². The molecule has 2 aliphatic rings. The van der Waals surface area contributed by atoms with Crippen LogP contribution in [0, 0.1) is 0 Å². The molecule has 2 nitrogen and oxygen atoms in total. The molecule has 1 unspecified atom stereocenters. The molecule has 1 atom stereocenters. The molecule has 1 N–H and O–H groups in total. The van der Waals surface area contributed by atoms with Crippen molar-refractivity contribution >= 4 is 0 Å². The molecule has 3 rings (SSSR count). The van der Waals surface area contributed by atoms with Crippen LogP contribution < -0.4 is 5.32 Å². The molecule has 104 valence electrons. The fraction of sp³-hybridized carbons (Fsp3) is 0.647. The molecule has 19 heavy (non-hydrogen) atoms. The Morgan fingerprint density at radius 3 is 2.42 bits per heavy atom. The summed E-state index contributed by atoms with van der Waals surface area (Å²) in [6, 6.07) is 10.1. The Balaban J connectivity index is 1.47. The molecule has 0 bridgehead atoms. The molecule has 0 radical (unpaired) electrons. The molecule has 0 saturated carbocycles. The van der Waals surface area contributed by atoms with Crippen molar-refractivity contribution in [2.75, 3.05) is 26.2 Å². The third-order valence-corrected chi connectivity index (χ3v) is 4.58. The Hall–Kier alpha value is -0.860. The summed E-state index contributed by atoms with van der Waals surface area (Å²) in [6.07, 6.45) is 7.89. The van der Waals surface area contributed by atoms with Crippen LogP contribution >= 0.6 is 0 Å². The van der Waals surface area contributed by atoms with Crippen LogP contribution in [0.15, 0.2) is 24.3 Å². The fourth-order valence-corrected chi connectivity index (χ4v) is 3.35. The second-order valence-corrected chi connectivity index (χ2v) is 6.11. The van der Waals surface area contributed by atoms with Gasteiger partial charge in [0.25, 0.3) is 0 Å². The largest absolute Gasteiger partial charge is 0.314 e. The number of rotatable bonds is 5. The highest BCUT2D eigenvalue weighted by molar-refractivity contribution is 5.23. The summed E-state index contributed by atoms with van der Waals surface area (Å²) >= 11 is 0. The number of hydrogen-bond donors (Lipinski definition) is 1. The van der Waals surface area contributed by atoms with Gasteiger partial charge < -0.3 is 10.2 Å². The monoisotopic (exact) mass is 258 g/mol. The second-order valence-electron chi connectivity index (χ2n) is 6.11. The Kier molecular flexibility index (Phi) is 4.52. The summed E-state index contributed by atoms with van der Waals surface area (Å²) in [5.41, 5.74) is 2.99. The zero-order chi connectivity index (χ0) is 12.9. The van der Waals surface area contributed by atoms with Gasteiger partial charge in [-0.15, -0.1) is 0 Å². The predicted molar refractivity (Wildman–Crippen MR) is 80.5 cm³/mol. The molecule has 1 aromatic rings. The first-order valence-electron chi connectivity index (χ1n) is 7.94. The van der Waals surface area contributed by atoms with Crippen LogP contribution in [0.4, 0.5) is 0 Å². The average Bonchev–Trinajstić information content (AvgIpc) is 3.11. The molecule has 0 aliphatic carbocycles. The van der Waals surface area contributed by atoms with E-state index in [1.54, 1.807) is 0 Å². The van der Waals surface area contributed by atoms with E-state index < -0.39 is 0 Å². The smallest absolute Gasteiger partial charge is 0.0108 e. The van der Waals surface area contributed by atoms with E-state index in [4.69, 9.17) is 0 Å². The minimum absolute atomic E-state index is 0.718. The van der Waals surface area contributed by atoms with E-state index in [-0.39, 0.29) is 0 Å². The van der Waals surface area contributed by atoms with Crippen molar-refractivity contribution in [3.05, 3.63) is 35.4 Å². The van der Waals surface area contributed by atoms with E-state index in [1.165, 1.54) is 75.8 Å². The van der Waals surface area contributed by atoms with E-state index in [0.717, 1.165) is 6.04 Å². The molecule has 2 saturated heterocycles. The van der Waals surface area contributed by atoms with Gasteiger partial charge >= 0.3 is 0 Å². The molecular formula is C17H26N2. The van der Waals surface area contributed by atoms with Gasteiger partial charge in [-0.25, -0.2) is 0 Å². The molecule has 0 aromatic heterocycles. The van der Waals surface area contributed by atoms with E-state index >= 15 is 0 Å². The van der Waals surface area contributed by atoms with Gasteiger partial charge in [0, 0.05) is 12.6 Å². The summed E-state index contributed by atoms with van der Waals surface area (Å²) in [5, 5.41) is 3.58. The highest BCUT2D eigenvalue weighted by Gasteiger charge is 2.14. The first kappa shape index (κ1) is 13.1. The maximum Gasteiger partial charge on any atom is 0.0108 e. The lowest BCUT2D eigenvalue weighted by molar-refractivity contribution is 0.343. The normalized spacial score (nSPS) is 24.1. The third-order valence-electron chi connectivity index (χ3n) is 4.58. The third kappa shape index (κ3) is 3.80. The highest BCUT2D eigenvalue weighted by Crippen LogP contribution is 2.14. The summed E-state index contributed by atoms with van der Waals surface area (Å²) < 4.78 is 0. The van der Waals surface area contributed by atoms with E-state index in [0.29, 0.717) is 0 Å². The van der Waals surface area contributed by atoms with Crippen LogP contribution in [0.2, 0.25) is 0 Å². The van der Waals surface area contributed by atoms with Crippen molar-refractivity contribution in [3.8, 4) is 0 Å². The SMILES string of the molecule is c1cc(CC2CCCN2)ccc1CCN1CCCC1. The maximum absolute atomic E-state index is 3.58. The lowest BCUT2D eigenvalue weighted by Crippen LogP contribution is -2.23. The molecule has 0 amide bonds. The van der Waals surface area contributed by atoms with E-state index in [9.17, 15) is 0 Å². The van der Waals surface area contributed by atoms with Gasteiger partial charge in [-0.05, 0) is 69.3 Å². The summed E-state index contributed by atoms with van der Waals surface area (Å²) in [5.74, 6) is 0. The minimum atomic E-state index is 0.718. The zero-order valence-electron chi connectivity index (χ0n) is 11.9. The predicted octanol–water partition coefficient (Wildman–Crippen LogP) is 2.62. The topological polar surface area (TPSA) is 15.3 Å². The molecular weight excluding hydrogens is 232 g/mol. The van der Waals surface area contributed by atoms with E-state index in [1.807, 2.05) is 0 Å². The molecule has 2 aliphatic heterocycles. The lowest BCUT2D eigenvalue weighted by Gasteiger charge is -2.14. The number of likely N-dealkylation sites (tertiary alicyclic amines) is 1. The number of hydrogen-bond acceptors (Lipinski definition) is 2. The average molecular weight is 258 g/mol. The highest BCUT2D eigenvalue weighted by atomic mass is 15.1. The number of benzene rings is 1. The van der Waals surface area contributed by atoms with Gasteiger partial charge in [-0.3, -0.25) is 0 Å². The number of nitrogens with zero attached hydrogens (tertiary/aromatic N) is 1. The summed E-state index contributed by atoms with van der Waals surface area (Å²) in [6.45, 7) is 5.07. The van der Waals surface area contributed by atoms with Crippen molar-refractivity contribution in [2.45, 2.75) is 44.6 Å². The molecule has 2 heteroatoms. The van der Waals surface area contributed by atoms with Crippen molar-refractivity contribution in [3.63, 3.8) is 0 Å². The Labute approximate surface area is 117 Å².